The van der Waals surface area contributed by atoms with Crippen LogP contribution in [0.25, 0.3) is 0 Å². The van der Waals surface area contributed by atoms with E-state index in [0.717, 1.165) is 11.3 Å². The van der Waals surface area contributed by atoms with Crippen molar-refractivity contribution in [3.8, 4) is 0 Å². The van der Waals surface area contributed by atoms with Crippen LogP contribution in [0.1, 0.15) is 46.5 Å². The van der Waals surface area contributed by atoms with E-state index in [2.05, 4.69) is 20.8 Å². The minimum absolute atomic E-state index is 0.764. The summed E-state index contributed by atoms with van der Waals surface area (Å²) in [6.45, 7) is 7.06. The van der Waals surface area contributed by atoms with Gasteiger partial charge in [-0.3, -0.25) is 0 Å². The Morgan fingerprint density at radius 1 is 1.33 bits per heavy atom. The molecule has 0 N–H and O–H groups in total. The lowest BCUT2D eigenvalue weighted by Crippen LogP contribution is -2.33. The van der Waals surface area contributed by atoms with Gasteiger partial charge in [-0.05, 0) is 24.2 Å². The summed E-state index contributed by atoms with van der Waals surface area (Å²) in [4.78, 5) is 0. The molecule has 54 valence electrons. The van der Waals surface area contributed by atoms with E-state index in [-0.39, 0.29) is 0 Å². The van der Waals surface area contributed by atoms with Crippen LogP contribution in [0.4, 0.5) is 0 Å². The summed E-state index contributed by atoms with van der Waals surface area (Å²) in [5, 5.41) is 0. The SMILES string of the molecule is CCC1(C(C)C)CCC1. The van der Waals surface area contributed by atoms with Gasteiger partial charge in [-0.15, -0.1) is 0 Å². The summed E-state index contributed by atoms with van der Waals surface area (Å²) in [6.07, 6.45) is 5.85. The summed E-state index contributed by atoms with van der Waals surface area (Å²) in [6, 6.07) is 0. The second-order valence-electron chi connectivity index (χ2n) is 3.72. The lowest BCUT2D eigenvalue weighted by molar-refractivity contribution is 0.0637. The Morgan fingerprint density at radius 2 is 1.89 bits per heavy atom. The standard InChI is InChI=1S/C9H18/c1-4-9(8(2)3)6-5-7-9/h8H,4-7H2,1-3H3. The van der Waals surface area contributed by atoms with Gasteiger partial charge in [0.15, 0.2) is 0 Å². The van der Waals surface area contributed by atoms with E-state index in [1.165, 1.54) is 25.7 Å². The summed E-state index contributed by atoms with van der Waals surface area (Å²) < 4.78 is 0. The van der Waals surface area contributed by atoms with Gasteiger partial charge in [0.2, 0.25) is 0 Å². The summed E-state index contributed by atoms with van der Waals surface area (Å²) in [5.41, 5.74) is 0.764. The maximum absolute atomic E-state index is 2.36. The zero-order valence-corrected chi connectivity index (χ0v) is 6.91. The van der Waals surface area contributed by atoms with Crippen molar-refractivity contribution in [2.75, 3.05) is 0 Å². The first kappa shape index (κ1) is 7.11. The van der Waals surface area contributed by atoms with E-state index in [0.29, 0.717) is 0 Å². The van der Waals surface area contributed by atoms with Gasteiger partial charge < -0.3 is 0 Å². The van der Waals surface area contributed by atoms with E-state index in [1.54, 1.807) is 0 Å². The van der Waals surface area contributed by atoms with Crippen LogP contribution >= 0.6 is 0 Å². The van der Waals surface area contributed by atoms with E-state index in [1.807, 2.05) is 0 Å². The molecular weight excluding hydrogens is 108 g/mol. The van der Waals surface area contributed by atoms with Crippen molar-refractivity contribution < 1.29 is 0 Å². The fourth-order valence-electron chi connectivity index (χ4n) is 1.97. The molecule has 0 spiro atoms. The van der Waals surface area contributed by atoms with Crippen LogP contribution in [0.3, 0.4) is 0 Å². The number of hydrogen-bond acceptors (Lipinski definition) is 0. The minimum Gasteiger partial charge on any atom is -0.0648 e. The average molecular weight is 126 g/mol. The highest BCUT2D eigenvalue weighted by Gasteiger charge is 2.37. The van der Waals surface area contributed by atoms with Gasteiger partial charge in [-0.25, -0.2) is 0 Å². The molecule has 0 aromatic carbocycles. The van der Waals surface area contributed by atoms with Crippen molar-refractivity contribution in [3.63, 3.8) is 0 Å². The Balaban J connectivity index is 2.46. The molecule has 1 saturated carbocycles. The highest BCUT2D eigenvalue weighted by atomic mass is 14.4. The molecule has 0 aliphatic heterocycles. The topological polar surface area (TPSA) is 0 Å². The van der Waals surface area contributed by atoms with Crippen LogP contribution in [0.2, 0.25) is 0 Å². The van der Waals surface area contributed by atoms with E-state index >= 15 is 0 Å². The monoisotopic (exact) mass is 126 g/mol. The third-order valence-electron chi connectivity index (χ3n) is 3.28. The summed E-state index contributed by atoms with van der Waals surface area (Å²) in [7, 11) is 0. The van der Waals surface area contributed by atoms with E-state index in [4.69, 9.17) is 0 Å². The number of hydrogen-bond donors (Lipinski definition) is 0. The molecule has 0 amide bonds. The Kier molecular flexibility index (Phi) is 1.83. The van der Waals surface area contributed by atoms with Gasteiger partial charge in [-0.2, -0.15) is 0 Å². The van der Waals surface area contributed by atoms with Gasteiger partial charge in [0.25, 0.3) is 0 Å². The van der Waals surface area contributed by atoms with Crippen LogP contribution in [0.15, 0.2) is 0 Å². The van der Waals surface area contributed by atoms with Gasteiger partial charge in [-0.1, -0.05) is 33.6 Å². The molecule has 0 radical (unpaired) electrons. The van der Waals surface area contributed by atoms with Crippen molar-refractivity contribution in [2.45, 2.75) is 46.5 Å². The molecule has 0 heteroatoms. The molecule has 0 heterocycles. The molecule has 1 rings (SSSR count). The van der Waals surface area contributed by atoms with Gasteiger partial charge in [0.1, 0.15) is 0 Å². The summed E-state index contributed by atoms with van der Waals surface area (Å²) >= 11 is 0. The molecule has 0 unspecified atom stereocenters. The van der Waals surface area contributed by atoms with Gasteiger partial charge in [0, 0.05) is 0 Å². The fraction of sp³-hybridized carbons (Fsp3) is 1.00. The molecular formula is C9H18. The van der Waals surface area contributed by atoms with Crippen molar-refractivity contribution in [2.24, 2.45) is 11.3 Å². The molecule has 0 bridgehead atoms. The molecule has 0 aromatic rings. The van der Waals surface area contributed by atoms with Crippen molar-refractivity contribution in [1.29, 1.82) is 0 Å². The first-order chi connectivity index (χ1) is 4.21. The summed E-state index contributed by atoms with van der Waals surface area (Å²) in [5.74, 6) is 0.913. The van der Waals surface area contributed by atoms with Crippen molar-refractivity contribution in [3.05, 3.63) is 0 Å². The van der Waals surface area contributed by atoms with E-state index in [9.17, 15) is 0 Å². The molecule has 9 heavy (non-hydrogen) atoms. The fourth-order valence-corrected chi connectivity index (χ4v) is 1.97. The largest absolute Gasteiger partial charge is 0.0648 e. The first-order valence-corrected chi connectivity index (χ1v) is 4.21. The van der Waals surface area contributed by atoms with Crippen LogP contribution in [-0.4, -0.2) is 0 Å². The Bertz CT molecular complexity index is 82.7. The molecule has 0 aromatic heterocycles. The van der Waals surface area contributed by atoms with Gasteiger partial charge in [0.05, 0.1) is 0 Å². The highest BCUT2D eigenvalue weighted by molar-refractivity contribution is 4.88. The molecule has 0 nitrogen and oxygen atoms in total. The maximum atomic E-state index is 2.36. The quantitative estimate of drug-likeness (QED) is 0.533. The zero-order chi connectivity index (χ0) is 6.91. The lowest BCUT2D eigenvalue weighted by Gasteiger charge is -2.45. The van der Waals surface area contributed by atoms with Crippen LogP contribution in [0.5, 0.6) is 0 Å². The predicted octanol–water partition coefficient (Wildman–Crippen LogP) is 3.22. The number of rotatable bonds is 2. The third-order valence-corrected chi connectivity index (χ3v) is 3.28. The predicted molar refractivity (Wildman–Crippen MR) is 41.4 cm³/mol. The maximum Gasteiger partial charge on any atom is -0.0277 e. The Hall–Kier alpha value is 0. The van der Waals surface area contributed by atoms with Gasteiger partial charge >= 0.3 is 0 Å². The lowest BCUT2D eigenvalue weighted by atomic mass is 9.61. The van der Waals surface area contributed by atoms with Crippen LogP contribution < -0.4 is 0 Å². The molecule has 1 aliphatic carbocycles. The first-order valence-electron chi connectivity index (χ1n) is 4.21. The molecule has 1 aliphatic rings. The van der Waals surface area contributed by atoms with Crippen molar-refractivity contribution >= 4 is 0 Å². The van der Waals surface area contributed by atoms with Crippen LogP contribution in [-0.2, 0) is 0 Å². The average Bonchev–Trinajstić information content (AvgIpc) is 1.62. The Labute approximate surface area is 58.7 Å². The molecule has 0 atom stereocenters. The van der Waals surface area contributed by atoms with Crippen molar-refractivity contribution in [1.82, 2.24) is 0 Å². The second-order valence-corrected chi connectivity index (χ2v) is 3.72. The third kappa shape index (κ3) is 0.997. The molecule has 0 saturated heterocycles. The normalized spacial score (nSPS) is 24.0. The van der Waals surface area contributed by atoms with Crippen LogP contribution in [0, 0.1) is 11.3 Å². The highest BCUT2D eigenvalue weighted by Crippen LogP contribution is 2.49. The molecule has 1 fully saturated rings. The van der Waals surface area contributed by atoms with E-state index < -0.39 is 0 Å². The smallest absolute Gasteiger partial charge is 0.0277 e. The minimum atomic E-state index is 0.764. The Morgan fingerprint density at radius 3 is 1.89 bits per heavy atom. The zero-order valence-electron chi connectivity index (χ0n) is 6.91. The second kappa shape index (κ2) is 2.32.